The van der Waals surface area contributed by atoms with Crippen molar-refractivity contribution < 1.29 is 28.5 Å². The van der Waals surface area contributed by atoms with Crippen LogP contribution in [0.2, 0.25) is 0 Å². The average Bonchev–Trinajstić information content (AvgIpc) is 3.26. The van der Waals surface area contributed by atoms with Crippen molar-refractivity contribution in [3.63, 3.8) is 0 Å². The molecule has 10 heteroatoms. The molecule has 0 bridgehead atoms. The van der Waals surface area contributed by atoms with Crippen molar-refractivity contribution in [2.75, 3.05) is 13.2 Å². The second-order valence-corrected chi connectivity index (χ2v) is 13.9. The Kier molecular flexibility index (Phi) is 18.1. The van der Waals surface area contributed by atoms with E-state index in [-0.39, 0.29) is 11.5 Å². The van der Waals surface area contributed by atoms with Gasteiger partial charge in [0.1, 0.15) is 11.5 Å². The molecule has 0 spiro atoms. The molecule has 0 radical (unpaired) electrons. The van der Waals surface area contributed by atoms with Crippen molar-refractivity contribution in [3.8, 4) is 23.0 Å². The van der Waals surface area contributed by atoms with E-state index < -0.39 is 11.9 Å². The molecule has 0 unspecified atom stereocenters. The van der Waals surface area contributed by atoms with Crippen LogP contribution in [0.25, 0.3) is 0 Å². The predicted octanol–water partition coefficient (Wildman–Crippen LogP) is 14.4. The number of esters is 2. The molecular formula is C48H54N4O6. The normalized spacial score (nSPS) is 11.2. The smallest absolute Gasteiger partial charge is 0.343 e. The zero-order valence-electron chi connectivity index (χ0n) is 33.7. The van der Waals surface area contributed by atoms with Crippen LogP contribution in [0.5, 0.6) is 23.0 Å². The minimum atomic E-state index is -0.617. The summed E-state index contributed by atoms with van der Waals surface area (Å²) in [5.74, 6) is 0.591. The van der Waals surface area contributed by atoms with E-state index in [1.807, 2.05) is 48.5 Å². The van der Waals surface area contributed by atoms with E-state index in [4.69, 9.17) is 18.9 Å². The quantitative estimate of drug-likeness (QED) is 0.0266. The molecule has 0 aliphatic carbocycles. The van der Waals surface area contributed by atoms with Crippen molar-refractivity contribution in [2.24, 2.45) is 20.5 Å². The van der Waals surface area contributed by atoms with E-state index in [0.29, 0.717) is 47.1 Å². The number of nitrogens with zero attached hydrogens (tertiary/aromatic N) is 4. The van der Waals surface area contributed by atoms with Crippen LogP contribution < -0.4 is 18.9 Å². The van der Waals surface area contributed by atoms with Crippen LogP contribution in [0.1, 0.15) is 112 Å². The summed E-state index contributed by atoms with van der Waals surface area (Å²) in [7, 11) is 0. The molecule has 0 saturated carbocycles. The SMILES string of the molecule is CCCCCCCCOc1ccc(N=Nc2ccc(C(=O)Oc3ccccc3OC(=O)c3ccc(N=Nc4ccc(OCCCCCCCC)cc4)cc3)cc2)cc1. The van der Waals surface area contributed by atoms with Gasteiger partial charge in [-0.2, -0.15) is 20.5 Å². The van der Waals surface area contributed by atoms with Crippen LogP contribution in [-0.2, 0) is 0 Å². The average molecular weight is 783 g/mol. The van der Waals surface area contributed by atoms with Crippen molar-refractivity contribution in [1.82, 2.24) is 0 Å². The first kappa shape index (κ1) is 43.0. The summed E-state index contributed by atoms with van der Waals surface area (Å²) in [6.45, 7) is 5.85. The molecule has 0 saturated heterocycles. The molecule has 0 atom stereocenters. The van der Waals surface area contributed by atoms with Gasteiger partial charge >= 0.3 is 11.9 Å². The minimum absolute atomic E-state index is 0.105. The van der Waals surface area contributed by atoms with E-state index >= 15 is 0 Å². The van der Waals surface area contributed by atoms with Gasteiger partial charge in [0.15, 0.2) is 11.5 Å². The summed E-state index contributed by atoms with van der Waals surface area (Å²) in [5, 5.41) is 17.2. The van der Waals surface area contributed by atoms with Gasteiger partial charge in [-0.3, -0.25) is 0 Å². The Morgan fingerprint density at radius 2 is 0.707 bits per heavy atom. The number of unbranched alkanes of at least 4 members (excludes halogenated alkanes) is 10. The minimum Gasteiger partial charge on any atom is -0.494 e. The van der Waals surface area contributed by atoms with Gasteiger partial charge in [0.2, 0.25) is 0 Å². The van der Waals surface area contributed by atoms with Gasteiger partial charge in [-0.1, -0.05) is 90.2 Å². The summed E-state index contributed by atoms with van der Waals surface area (Å²) in [5.41, 5.74) is 3.10. The lowest BCUT2D eigenvalue weighted by Crippen LogP contribution is -2.12. The van der Waals surface area contributed by atoms with Gasteiger partial charge in [-0.05, 0) is 122 Å². The van der Waals surface area contributed by atoms with Gasteiger partial charge in [-0.15, -0.1) is 0 Å². The number of hydrogen-bond acceptors (Lipinski definition) is 10. The zero-order chi connectivity index (χ0) is 40.6. The Bertz CT molecular complexity index is 1880. The van der Waals surface area contributed by atoms with E-state index in [2.05, 4.69) is 34.3 Å². The fourth-order valence-corrected chi connectivity index (χ4v) is 5.86. The molecule has 0 N–H and O–H groups in total. The third kappa shape index (κ3) is 15.1. The third-order valence-corrected chi connectivity index (χ3v) is 9.23. The Morgan fingerprint density at radius 3 is 1.05 bits per heavy atom. The fourth-order valence-electron chi connectivity index (χ4n) is 5.86. The van der Waals surface area contributed by atoms with Crippen LogP contribution in [0.15, 0.2) is 142 Å². The number of azo groups is 2. The summed E-state index contributed by atoms with van der Waals surface area (Å²) in [4.78, 5) is 26.1. The number of carbonyl (C=O) groups is 2. The lowest BCUT2D eigenvalue weighted by molar-refractivity contribution is 0.0682. The zero-order valence-corrected chi connectivity index (χ0v) is 33.7. The lowest BCUT2D eigenvalue weighted by atomic mass is 10.1. The molecule has 5 aromatic rings. The summed E-state index contributed by atoms with van der Waals surface area (Å²) in [6, 6.07) is 34.6. The van der Waals surface area contributed by atoms with E-state index in [1.165, 1.54) is 64.2 Å². The Hall–Kier alpha value is -6.16. The van der Waals surface area contributed by atoms with Gasteiger partial charge in [-0.25, -0.2) is 9.59 Å². The Morgan fingerprint density at radius 1 is 0.397 bits per heavy atom. The number of hydrogen-bond donors (Lipinski definition) is 0. The first-order valence-electron chi connectivity index (χ1n) is 20.5. The van der Waals surface area contributed by atoms with Gasteiger partial charge in [0, 0.05) is 0 Å². The fraction of sp³-hybridized carbons (Fsp3) is 0.333. The molecule has 302 valence electrons. The molecule has 5 rings (SSSR count). The first-order chi connectivity index (χ1) is 28.5. The molecular weight excluding hydrogens is 729 g/mol. The van der Waals surface area contributed by atoms with Crippen LogP contribution in [0, 0.1) is 0 Å². The molecule has 0 fully saturated rings. The highest BCUT2D eigenvalue weighted by Crippen LogP contribution is 2.30. The van der Waals surface area contributed by atoms with Gasteiger partial charge < -0.3 is 18.9 Å². The van der Waals surface area contributed by atoms with Gasteiger partial charge in [0.05, 0.1) is 47.1 Å². The van der Waals surface area contributed by atoms with E-state index in [0.717, 1.165) is 24.3 Å². The molecule has 0 amide bonds. The highest BCUT2D eigenvalue weighted by Gasteiger charge is 2.16. The second kappa shape index (κ2) is 24.5. The molecule has 0 aliphatic rings. The highest BCUT2D eigenvalue weighted by atomic mass is 16.6. The van der Waals surface area contributed by atoms with Gasteiger partial charge in [0.25, 0.3) is 0 Å². The van der Waals surface area contributed by atoms with E-state index in [9.17, 15) is 9.59 Å². The van der Waals surface area contributed by atoms with Crippen LogP contribution in [0.3, 0.4) is 0 Å². The summed E-state index contributed by atoms with van der Waals surface area (Å²) < 4.78 is 23.0. The van der Waals surface area contributed by atoms with E-state index in [1.54, 1.807) is 72.8 Å². The third-order valence-electron chi connectivity index (χ3n) is 9.23. The topological polar surface area (TPSA) is 121 Å². The van der Waals surface area contributed by atoms with Crippen molar-refractivity contribution in [1.29, 1.82) is 0 Å². The molecule has 0 heterocycles. The molecule has 58 heavy (non-hydrogen) atoms. The molecule has 10 nitrogen and oxygen atoms in total. The second-order valence-electron chi connectivity index (χ2n) is 13.9. The monoisotopic (exact) mass is 782 g/mol. The molecule has 0 aliphatic heterocycles. The number of para-hydroxylation sites is 2. The largest absolute Gasteiger partial charge is 0.494 e. The predicted molar refractivity (Wildman–Crippen MR) is 228 cm³/mol. The van der Waals surface area contributed by atoms with Crippen LogP contribution >= 0.6 is 0 Å². The van der Waals surface area contributed by atoms with Crippen LogP contribution in [-0.4, -0.2) is 25.2 Å². The van der Waals surface area contributed by atoms with Crippen molar-refractivity contribution in [3.05, 3.63) is 132 Å². The molecule has 0 aromatic heterocycles. The van der Waals surface area contributed by atoms with Crippen LogP contribution in [0.4, 0.5) is 22.7 Å². The first-order valence-corrected chi connectivity index (χ1v) is 20.5. The van der Waals surface area contributed by atoms with Crippen molar-refractivity contribution >= 4 is 34.7 Å². The number of rotatable bonds is 24. The maximum absolute atomic E-state index is 13.1. The number of benzene rings is 5. The standard InChI is InChI=1S/C48H54N4O6/c1-3-5-7-9-11-15-35-55-43-31-27-41(28-32-43)51-49-39-23-19-37(20-24-39)47(53)57-45-17-13-14-18-46(45)58-48(54)38-21-25-40(26-22-38)50-52-42-29-33-44(34-30-42)56-36-16-12-10-8-6-4-2/h13-14,17-34H,3-12,15-16,35-36H2,1-2H3. The Balaban J connectivity index is 1.06. The molecule has 5 aromatic carbocycles. The lowest BCUT2D eigenvalue weighted by Gasteiger charge is -2.10. The maximum atomic E-state index is 13.1. The number of ether oxygens (including phenoxy) is 4. The Labute approximate surface area is 342 Å². The summed E-state index contributed by atoms with van der Waals surface area (Å²) >= 11 is 0. The highest BCUT2D eigenvalue weighted by molar-refractivity contribution is 5.93. The maximum Gasteiger partial charge on any atom is 0.343 e. The van der Waals surface area contributed by atoms with Crippen molar-refractivity contribution in [2.45, 2.75) is 90.9 Å². The number of carbonyl (C=O) groups excluding carboxylic acids is 2. The summed E-state index contributed by atoms with van der Waals surface area (Å²) in [6.07, 6.45) is 14.6.